The van der Waals surface area contributed by atoms with Gasteiger partial charge in [-0.25, -0.2) is 4.98 Å². The molecule has 4 nitrogen and oxygen atoms in total. The number of rotatable bonds is 3. The molecule has 0 bridgehead atoms. The predicted molar refractivity (Wildman–Crippen MR) is 52.3 cm³/mol. The van der Waals surface area contributed by atoms with Crippen molar-refractivity contribution in [2.24, 2.45) is 0 Å². The molecule has 0 aromatic carbocycles. The summed E-state index contributed by atoms with van der Waals surface area (Å²) in [6, 6.07) is 2.37. The molecule has 0 fully saturated rings. The summed E-state index contributed by atoms with van der Waals surface area (Å²) in [5, 5.41) is 0. The van der Waals surface area contributed by atoms with Crippen LogP contribution in [0.15, 0.2) is 6.07 Å². The van der Waals surface area contributed by atoms with Gasteiger partial charge in [0.2, 0.25) is 0 Å². The highest BCUT2D eigenvalue weighted by Crippen LogP contribution is 2.13. The lowest BCUT2D eigenvalue weighted by Gasteiger charge is -2.12. The fraction of sp³-hybridized carbons (Fsp3) is 0.556. The fourth-order valence-electron chi connectivity index (χ4n) is 0.948. The minimum Gasteiger partial charge on any atom is -0.464 e. The number of nitrogens with zero attached hydrogens (tertiary/aromatic N) is 3. The summed E-state index contributed by atoms with van der Waals surface area (Å²) in [6.07, 6.45) is 0. The van der Waals surface area contributed by atoms with Crippen LogP contribution in [0.25, 0.3) is 0 Å². The lowest BCUT2D eigenvalue weighted by Crippen LogP contribution is -2.12. The van der Waals surface area contributed by atoms with Gasteiger partial charge in [-0.05, 0) is 13.8 Å². The third-order valence-corrected chi connectivity index (χ3v) is 1.55. The highest BCUT2D eigenvalue weighted by atomic mass is 16.5. The SMILES string of the molecule is CCOc1nc(C)cc(N(C)C)n1. The first-order valence-corrected chi connectivity index (χ1v) is 4.29. The first-order chi connectivity index (χ1) is 6.13. The van der Waals surface area contributed by atoms with Crippen molar-refractivity contribution in [3.05, 3.63) is 11.8 Å². The van der Waals surface area contributed by atoms with Crippen LogP contribution in [0.2, 0.25) is 0 Å². The van der Waals surface area contributed by atoms with Crippen molar-refractivity contribution in [3.63, 3.8) is 0 Å². The topological polar surface area (TPSA) is 38.2 Å². The van der Waals surface area contributed by atoms with Crippen molar-refractivity contribution in [2.75, 3.05) is 25.6 Å². The standard InChI is InChI=1S/C9H15N3O/c1-5-13-9-10-7(2)6-8(11-9)12(3)4/h6H,5H2,1-4H3. The van der Waals surface area contributed by atoms with Crippen molar-refractivity contribution >= 4 is 5.82 Å². The summed E-state index contributed by atoms with van der Waals surface area (Å²) in [4.78, 5) is 10.3. The normalized spacial score (nSPS) is 9.85. The maximum Gasteiger partial charge on any atom is 0.318 e. The molecule has 0 aliphatic rings. The molecule has 0 aliphatic carbocycles. The number of anilines is 1. The number of aryl methyl sites for hydroxylation is 1. The molecule has 1 aromatic rings. The van der Waals surface area contributed by atoms with E-state index in [2.05, 4.69) is 9.97 Å². The largest absolute Gasteiger partial charge is 0.464 e. The molecule has 1 heterocycles. The maximum absolute atomic E-state index is 5.23. The molecule has 0 radical (unpaired) electrons. The molecule has 0 unspecified atom stereocenters. The second kappa shape index (κ2) is 4.07. The summed E-state index contributed by atoms with van der Waals surface area (Å²) in [6.45, 7) is 4.44. The van der Waals surface area contributed by atoms with Gasteiger partial charge in [0.05, 0.1) is 6.61 Å². The van der Waals surface area contributed by atoms with Gasteiger partial charge in [0.25, 0.3) is 0 Å². The molecule has 4 heteroatoms. The van der Waals surface area contributed by atoms with Gasteiger partial charge in [0.15, 0.2) is 0 Å². The molecule has 1 rings (SSSR count). The van der Waals surface area contributed by atoms with E-state index in [1.807, 2.05) is 38.9 Å². The van der Waals surface area contributed by atoms with Crippen molar-refractivity contribution in [1.29, 1.82) is 0 Å². The van der Waals surface area contributed by atoms with E-state index in [4.69, 9.17) is 4.74 Å². The molecule has 0 amide bonds. The molecule has 1 aromatic heterocycles. The van der Waals surface area contributed by atoms with Gasteiger partial charge in [0, 0.05) is 25.9 Å². The van der Waals surface area contributed by atoms with E-state index in [1.165, 1.54) is 0 Å². The molecular formula is C9H15N3O. The number of aromatic nitrogens is 2. The van der Waals surface area contributed by atoms with E-state index >= 15 is 0 Å². The smallest absolute Gasteiger partial charge is 0.318 e. The van der Waals surface area contributed by atoms with E-state index in [1.54, 1.807) is 0 Å². The van der Waals surface area contributed by atoms with Crippen LogP contribution in [-0.4, -0.2) is 30.7 Å². The lowest BCUT2D eigenvalue weighted by atomic mass is 10.4. The van der Waals surface area contributed by atoms with Crippen molar-refractivity contribution in [3.8, 4) is 6.01 Å². The molecule has 0 saturated heterocycles. The minimum atomic E-state index is 0.450. The zero-order chi connectivity index (χ0) is 9.84. The molecule has 72 valence electrons. The average molecular weight is 181 g/mol. The van der Waals surface area contributed by atoms with E-state index in [0.717, 1.165) is 11.5 Å². The molecule has 0 N–H and O–H groups in total. The third kappa shape index (κ3) is 2.57. The summed E-state index contributed by atoms with van der Waals surface area (Å²) in [5.41, 5.74) is 0.919. The van der Waals surface area contributed by atoms with Crippen LogP contribution < -0.4 is 9.64 Å². The summed E-state index contributed by atoms with van der Waals surface area (Å²) in [7, 11) is 3.88. The van der Waals surface area contributed by atoms with Gasteiger partial charge in [-0.15, -0.1) is 0 Å². The Labute approximate surface area is 78.6 Å². The highest BCUT2D eigenvalue weighted by Gasteiger charge is 2.03. The molecular weight excluding hydrogens is 166 g/mol. The van der Waals surface area contributed by atoms with Crippen molar-refractivity contribution in [2.45, 2.75) is 13.8 Å². The quantitative estimate of drug-likeness (QED) is 0.703. The molecule has 0 aliphatic heterocycles. The van der Waals surface area contributed by atoms with Crippen LogP contribution in [0, 0.1) is 6.92 Å². The fourth-order valence-corrected chi connectivity index (χ4v) is 0.948. The second-order valence-electron chi connectivity index (χ2n) is 2.98. The van der Waals surface area contributed by atoms with Crippen molar-refractivity contribution in [1.82, 2.24) is 9.97 Å². The Hall–Kier alpha value is -1.32. The first kappa shape index (κ1) is 9.77. The number of hydrogen-bond donors (Lipinski definition) is 0. The van der Waals surface area contributed by atoms with E-state index in [-0.39, 0.29) is 0 Å². The van der Waals surface area contributed by atoms with Gasteiger partial charge in [-0.1, -0.05) is 0 Å². The van der Waals surface area contributed by atoms with E-state index < -0.39 is 0 Å². The van der Waals surface area contributed by atoms with Crippen LogP contribution >= 0.6 is 0 Å². The Morgan fingerprint density at radius 3 is 2.62 bits per heavy atom. The van der Waals surface area contributed by atoms with Gasteiger partial charge in [-0.2, -0.15) is 4.98 Å². The van der Waals surface area contributed by atoms with Gasteiger partial charge >= 0.3 is 6.01 Å². The number of hydrogen-bond acceptors (Lipinski definition) is 4. The third-order valence-electron chi connectivity index (χ3n) is 1.55. The minimum absolute atomic E-state index is 0.450. The van der Waals surface area contributed by atoms with Crippen molar-refractivity contribution < 1.29 is 4.74 Å². The summed E-state index contributed by atoms with van der Waals surface area (Å²) >= 11 is 0. The Bertz CT molecular complexity index is 286. The number of ether oxygens (including phenoxy) is 1. The zero-order valence-corrected chi connectivity index (χ0v) is 8.53. The molecule has 0 atom stereocenters. The highest BCUT2D eigenvalue weighted by molar-refractivity contribution is 5.38. The van der Waals surface area contributed by atoms with Crippen LogP contribution in [0.1, 0.15) is 12.6 Å². The second-order valence-corrected chi connectivity index (χ2v) is 2.98. The summed E-state index contributed by atoms with van der Waals surface area (Å²) in [5.74, 6) is 0.871. The maximum atomic E-state index is 5.23. The van der Waals surface area contributed by atoms with E-state index in [9.17, 15) is 0 Å². The molecule has 0 spiro atoms. The summed E-state index contributed by atoms with van der Waals surface area (Å²) < 4.78 is 5.23. The van der Waals surface area contributed by atoms with Crippen LogP contribution in [0.5, 0.6) is 6.01 Å². The Balaban J connectivity index is 2.96. The Morgan fingerprint density at radius 2 is 2.08 bits per heavy atom. The van der Waals surface area contributed by atoms with Gasteiger partial charge in [0.1, 0.15) is 5.82 Å². The Morgan fingerprint density at radius 1 is 1.38 bits per heavy atom. The molecule has 0 saturated carbocycles. The zero-order valence-electron chi connectivity index (χ0n) is 8.53. The molecule has 13 heavy (non-hydrogen) atoms. The lowest BCUT2D eigenvalue weighted by molar-refractivity contribution is 0.312. The first-order valence-electron chi connectivity index (χ1n) is 4.29. The van der Waals surface area contributed by atoms with Gasteiger partial charge < -0.3 is 9.64 Å². The van der Waals surface area contributed by atoms with Crippen LogP contribution in [0.3, 0.4) is 0 Å². The Kier molecular flexibility index (Phi) is 3.06. The van der Waals surface area contributed by atoms with E-state index in [0.29, 0.717) is 12.6 Å². The monoisotopic (exact) mass is 181 g/mol. The van der Waals surface area contributed by atoms with Crippen LogP contribution in [-0.2, 0) is 0 Å². The predicted octanol–water partition coefficient (Wildman–Crippen LogP) is 1.25. The van der Waals surface area contributed by atoms with Crippen LogP contribution in [0.4, 0.5) is 5.82 Å². The van der Waals surface area contributed by atoms with Gasteiger partial charge in [-0.3, -0.25) is 0 Å². The average Bonchev–Trinajstić information content (AvgIpc) is 2.03.